The molecule has 0 heterocycles. The number of methoxy groups -OCH3 is 3. The van der Waals surface area contributed by atoms with Gasteiger partial charge in [0.2, 0.25) is 0 Å². The quantitative estimate of drug-likeness (QED) is 0.605. The molecule has 0 unspecified atom stereocenters. The van der Waals surface area contributed by atoms with Gasteiger partial charge in [-0.1, -0.05) is 12.1 Å². The number of esters is 2. The molecular formula is C15H19NO5. The monoisotopic (exact) mass is 293 g/mol. The lowest BCUT2D eigenvalue weighted by Gasteiger charge is -2.10. The maximum absolute atomic E-state index is 11.3. The Morgan fingerprint density at radius 3 is 2.29 bits per heavy atom. The Kier molecular flexibility index (Phi) is 6.80. The summed E-state index contributed by atoms with van der Waals surface area (Å²) in [6.45, 7) is 0.462. The first-order valence-electron chi connectivity index (χ1n) is 6.31. The zero-order chi connectivity index (χ0) is 15.7. The van der Waals surface area contributed by atoms with E-state index in [1.807, 2.05) is 24.3 Å². The maximum atomic E-state index is 11.3. The summed E-state index contributed by atoms with van der Waals surface area (Å²) in [5, 5.41) is 3.02. The predicted molar refractivity (Wildman–Crippen MR) is 76.6 cm³/mol. The lowest BCUT2D eigenvalue weighted by molar-refractivity contribution is -0.139. The van der Waals surface area contributed by atoms with Gasteiger partial charge in [0.05, 0.1) is 27.8 Å². The number of ether oxygens (including phenoxy) is 3. The lowest BCUT2D eigenvalue weighted by Crippen LogP contribution is -2.18. The molecule has 0 spiro atoms. The fourth-order valence-electron chi connectivity index (χ4n) is 1.55. The van der Waals surface area contributed by atoms with Gasteiger partial charge >= 0.3 is 11.9 Å². The standard InChI is InChI=1S/C15H19NO5/c1-19-13-6-4-11(5-7-13)10-16-12(8-14(17)20-2)9-15(18)21-3/h4-8,16H,9-10H2,1-3H3/b12-8-. The largest absolute Gasteiger partial charge is 0.497 e. The molecule has 1 rings (SSSR count). The van der Waals surface area contributed by atoms with E-state index in [-0.39, 0.29) is 6.42 Å². The highest BCUT2D eigenvalue weighted by Crippen LogP contribution is 2.11. The highest BCUT2D eigenvalue weighted by molar-refractivity contribution is 5.84. The fraction of sp³-hybridized carbons (Fsp3) is 0.333. The van der Waals surface area contributed by atoms with Gasteiger partial charge in [0.25, 0.3) is 0 Å². The van der Waals surface area contributed by atoms with Gasteiger partial charge in [-0.3, -0.25) is 4.79 Å². The van der Waals surface area contributed by atoms with E-state index in [4.69, 9.17) is 4.74 Å². The van der Waals surface area contributed by atoms with E-state index in [1.54, 1.807) is 7.11 Å². The first-order valence-corrected chi connectivity index (χ1v) is 6.31. The van der Waals surface area contributed by atoms with Crippen LogP contribution in [0, 0.1) is 0 Å². The third kappa shape index (κ3) is 5.99. The Morgan fingerprint density at radius 1 is 1.10 bits per heavy atom. The van der Waals surface area contributed by atoms with Crippen LogP contribution in [0.25, 0.3) is 0 Å². The molecule has 0 atom stereocenters. The van der Waals surface area contributed by atoms with Crippen molar-refractivity contribution in [1.82, 2.24) is 5.32 Å². The van der Waals surface area contributed by atoms with Crippen molar-refractivity contribution in [2.24, 2.45) is 0 Å². The van der Waals surface area contributed by atoms with Crippen molar-refractivity contribution in [1.29, 1.82) is 0 Å². The van der Waals surface area contributed by atoms with E-state index in [9.17, 15) is 9.59 Å². The molecule has 0 amide bonds. The van der Waals surface area contributed by atoms with Crippen LogP contribution in [0.3, 0.4) is 0 Å². The summed E-state index contributed by atoms with van der Waals surface area (Å²) in [6.07, 6.45) is 1.21. The number of carbonyl (C=O) groups excluding carboxylic acids is 2. The minimum Gasteiger partial charge on any atom is -0.497 e. The maximum Gasteiger partial charge on any atom is 0.332 e. The second-order valence-electron chi connectivity index (χ2n) is 4.15. The Morgan fingerprint density at radius 2 is 1.76 bits per heavy atom. The average Bonchev–Trinajstić information content (AvgIpc) is 2.52. The van der Waals surface area contributed by atoms with Gasteiger partial charge in [-0.05, 0) is 17.7 Å². The molecule has 0 fully saturated rings. The molecule has 6 heteroatoms. The van der Waals surface area contributed by atoms with Crippen molar-refractivity contribution < 1.29 is 23.8 Å². The molecule has 0 aliphatic carbocycles. The Hall–Kier alpha value is -2.50. The summed E-state index contributed by atoms with van der Waals surface area (Å²) in [5.41, 5.74) is 1.42. The van der Waals surface area contributed by atoms with Crippen LogP contribution in [0.5, 0.6) is 5.75 Å². The lowest BCUT2D eigenvalue weighted by atomic mass is 10.2. The number of nitrogens with one attached hydrogen (secondary N) is 1. The smallest absolute Gasteiger partial charge is 0.332 e. The van der Waals surface area contributed by atoms with Crippen LogP contribution in [-0.2, 0) is 25.6 Å². The SMILES string of the molecule is COC(=O)/C=C(/CC(=O)OC)NCc1ccc(OC)cc1. The third-order valence-electron chi connectivity index (χ3n) is 2.73. The van der Waals surface area contributed by atoms with Crippen LogP contribution >= 0.6 is 0 Å². The summed E-state index contributed by atoms with van der Waals surface area (Å²) in [5.74, 6) is -0.206. The summed E-state index contributed by atoms with van der Waals surface area (Å²) >= 11 is 0. The number of hydrogen-bond acceptors (Lipinski definition) is 6. The topological polar surface area (TPSA) is 73.9 Å². The van der Waals surface area contributed by atoms with Crippen molar-refractivity contribution in [3.05, 3.63) is 41.6 Å². The second-order valence-corrected chi connectivity index (χ2v) is 4.15. The third-order valence-corrected chi connectivity index (χ3v) is 2.73. The van der Waals surface area contributed by atoms with E-state index in [1.165, 1.54) is 20.3 Å². The van der Waals surface area contributed by atoms with E-state index in [2.05, 4.69) is 14.8 Å². The summed E-state index contributed by atoms with van der Waals surface area (Å²) < 4.78 is 14.2. The van der Waals surface area contributed by atoms with Gasteiger partial charge in [-0.2, -0.15) is 0 Å². The summed E-state index contributed by atoms with van der Waals surface area (Å²) in [6, 6.07) is 7.45. The molecule has 0 aromatic heterocycles. The highest BCUT2D eigenvalue weighted by Gasteiger charge is 2.08. The molecule has 0 bridgehead atoms. The van der Waals surface area contributed by atoms with E-state index < -0.39 is 11.9 Å². The van der Waals surface area contributed by atoms with Crippen molar-refractivity contribution in [3.63, 3.8) is 0 Å². The van der Waals surface area contributed by atoms with Gasteiger partial charge in [0, 0.05) is 18.3 Å². The van der Waals surface area contributed by atoms with Crippen molar-refractivity contribution >= 4 is 11.9 Å². The molecule has 1 N–H and O–H groups in total. The Balaban J connectivity index is 2.69. The summed E-state index contributed by atoms with van der Waals surface area (Å²) in [4.78, 5) is 22.6. The van der Waals surface area contributed by atoms with Crippen molar-refractivity contribution in [2.45, 2.75) is 13.0 Å². The van der Waals surface area contributed by atoms with Crippen molar-refractivity contribution in [2.75, 3.05) is 21.3 Å². The van der Waals surface area contributed by atoms with Gasteiger partial charge in [0.15, 0.2) is 0 Å². The van der Waals surface area contributed by atoms with Gasteiger partial charge < -0.3 is 19.5 Å². The minimum absolute atomic E-state index is 0.0260. The van der Waals surface area contributed by atoms with E-state index in [0.717, 1.165) is 11.3 Å². The first-order chi connectivity index (χ1) is 10.1. The van der Waals surface area contributed by atoms with Crippen LogP contribution in [0.2, 0.25) is 0 Å². The minimum atomic E-state index is -0.531. The van der Waals surface area contributed by atoms with Crippen LogP contribution in [0.1, 0.15) is 12.0 Å². The average molecular weight is 293 g/mol. The van der Waals surface area contributed by atoms with Gasteiger partial charge in [-0.15, -0.1) is 0 Å². The van der Waals surface area contributed by atoms with Crippen LogP contribution in [0.15, 0.2) is 36.0 Å². The highest BCUT2D eigenvalue weighted by atomic mass is 16.5. The molecule has 21 heavy (non-hydrogen) atoms. The molecular weight excluding hydrogens is 274 g/mol. The van der Waals surface area contributed by atoms with Gasteiger partial charge in [0.1, 0.15) is 5.75 Å². The van der Waals surface area contributed by atoms with Crippen molar-refractivity contribution in [3.8, 4) is 5.75 Å². The molecule has 0 saturated carbocycles. The zero-order valence-corrected chi connectivity index (χ0v) is 12.3. The molecule has 0 saturated heterocycles. The zero-order valence-electron chi connectivity index (χ0n) is 12.3. The van der Waals surface area contributed by atoms with Gasteiger partial charge in [-0.25, -0.2) is 4.79 Å². The van der Waals surface area contributed by atoms with Crippen LogP contribution in [-0.4, -0.2) is 33.3 Å². The number of carbonyl (C=O) groups is 2. The van der Waals surface area contributed by atoms with E-state index in [0.29, 0.717) is 12.2 Å². The molecule has 0 radical (unpaired) electrons. The number of hydrogen-bond donors (Lipinski definition) is 1. The Labute approximate surface area is 123 Å². The Bertz CT molecular complexity index is 507. The predicted octanol–water partition coefficient (Wildman–Crippen LogP) is 1.40. The second kappa shape index (κ2) is 8.63. The first kappa shape index (κ1) is 16.6. The molecule has 6 nitrogen and oxygen atoms in total. The number of benzene rings is 1. The normalized spacial score (nSPS) is 10.7. The van der Waals surface area contributed by atoms with E-state index >= 15 is 0 Å². The van der Waals surface area contributed by atoms with Crippen LogP contribution < -0.4 is 10.1 Å². The molecule has 1 aromatic carbocycles. The molecule has 114 valence electrons. The fourth-order valence-corrected chi connectivity index (χ4v) is 1.55. The number of rotatable bonds is 7. The molecule has 0 aliphatic heterocycles. The summed E-state index contributed by atoms with van der Waals surface area (Å²) in [7, 11) is 4.17. The molecule has 0 aliphatic rings. The van der Waals surface area contributed by atoms with Crippen LogP contribution in [0.4, 0.5) is 0 Å². The molecule has 1 aromatic rings.